The monoisotopic (exact) mass is 361 g/mol. The first kappa shape index (κ1) is 17.7. The highest BCUT2D eigenvalue weighted by Crippen LogP contribution is 2.32. The number of sulfonamides is 1. The molecule has 1 aliphatic heterocycles. The van der Waals surface area contributed by atoms with Crippen molar-refractivity contribution >= 4 is 27.1 Å². The summed E-state index contributed by atoms with van der Waals surface area (Å²) in [4.78, 5) is 0.243. The van der Waals surface area contributed by atoms with Gasteiger partial charge in [-0.2, -0.15) is 0 Å². The van der Waals surface area contributed by atoms with E-state index in [1.165, 1.54) is 0 Å². The Balaban J connectivity index is 1.92. The Morgan fingerprint density at radius 3 is 2.60 bits per heavy atom. The molecule has 4 N–H and O–H groups in total. The normalized spacial score (nSPS) is 21.5. The summed E-state index contributed by atoms with van der Waals surface area (Å²) in [6.45, 7) is 3.79. The SMILES string of the molecule is C[N+]1(c2cc(NS(=O)(=O)c3ccccc3)ccc2N)CCCNCC1. The van der Waals surface area contributed by atoms with Crippen molar-refractivity contribution in [1.29, 1.82) is 0 Å². The quantitative estimate of drug-likeness (QED) is 0.574. The molecule has 1 fully saturated rings. The molecule has 1 unspecified atom stereocenters. The summed E-state index contributed by atoms with van der Waals surface area (Å²) in [6, 6.07) is 13.7. The summed E-state index contributed by atoms with van der Waals surface area (Å²) < 4.78 is 28.5. The number of nitrogens with one attached hydrogen (secondary N) is 2. The van der Waals surface area contributed by atoms with E-state index in [-0.39, 0.29) is 4.90 Å². The molecule has 2 aromatic carbocycles. The number of nitrogen functional groups attached to an aromatic ring is 1. The zero-order valence-corrected chi connectivity index (χ0v) is 15.2. The predicted octanol–water partition coefficient (Wildman–Crippen LogP) is 2.00. The summed E-state index contributed by atoms with van der Waals surface area (Å²) >= 11 is 0. The number of hydrogen-bond acceptors (Lipinski definition) is 4. The van der Waals surface area contributed by atoms with Gasteiger partial charge in [-0.1, -0.05) is 18.2 Å². The van der Waals surface area contributed by atoms with Gasteiger partial charge in [-0.05, 0) is 24.3 Å². The molecule has 25 heavy (non-hydrogen) atoms. The molecule has 0 aromatic heterocycles. The van der Waals surface area contributed by atoms with Gasteiger partial charge in [0.1, 0.15) is 0 Å². The van der Waals surface area contributed by atoms with E-state index in [1.54, 1.807) is 42.5 Å². The molecule has 1 atom stereocenters. The Labute approximate surface area is 149 Å². The molecule has 2 aromatic rings. The number of hydrogen-bond donors (Lipinski definition) is 3. The van der Waals surface area contributed by atoms with Gasteiger partial charge in [-0.15, -0.1) is 0 Å². The number of rotatable bonds is 4. The van der Waals surface area contributed by atoms with Crippen molar-refractivity contribution in [2.75, 3.05) is 43.7 Å². The number of quaternary nitrogens is 1. The smallest absolute Gasteiger partial charge is 0.261 e. The number of anilines is 2. The van der Waals surface area contributed by atoms with Crippen molar-refractivity contribution in [3.63, 3.8) is 0 Å². The van der Waals surface area contributed by atoms with Crippen molar-refractivity contribution in [2.24, 2.45) is 0 Å². The third-order valence-electron chi connectivity index (χ3n) is 4.71. The fourth-order valence-corrected chi connectivity index (χ4v) is 4.32. The molecule has 134 valence electrons. The van der Waals surface area contributed by atoms with Gasteiger partial charge in [-0.3, -0.25) is 9.21 Å². The van der Waals surface area contributed by atoms with Gasteiger partial charge >= 0.3 is 0 Å². The lowest BCUT2D eigenvalue weighted by Crippen LogP contribution is -2.48. The van der Waals surface area contributed by atoms with Crippen LogP contribution < -0.4 is 20.3 Å². The highest BCUT2D eigenvalue weighted by molar-refractivity contribution is 7.92. The van der Waals surface area contributed by atoms with Gasteiger partial charge in [-0.25, -0.2) is 8.42 Å². The fraction of sp³-hybridized carbons (Fsp3) is 0.333. The van der Waals surface area contributed by atoms with Gasteiger partial charge in [0.05, 0.1) is 36.4 Å². The van der Waals surface area contributed by atoms with Crippen LogP contribution in [-0.4, -0.2) is 41.6 Å². The van der Waals surface area contributed by atoms with Crippen molar-refractivity contribution in [3.05, 3.63) is 48.5 Å². The van der Waals surface area contributed by atoms with Crippen LogP contribution in [0.2, 0.25) is 0 Å². The van der Waals surface area contributed by atoms with Crippen LogP contribution in [0.4, 0.5) is 17.1 Å². The summed E-state index contributed by atoms with van der Waals surface area (Å²) in [5.41, 5.74) is 8.39. The van der Waals surface area contributed by atoms with Crippen molar-refractivity contribution in [2.45, 2.75) is 11.3 Å². The third-order valence-corrected chi connectivity index (χ3v) is 6.10. The molecule has 0 amide bonds. The number of nitrogens with zero attached hydrogens (tertiary/aromatic N) is 1. The molecule has 0 aliphatic carbocycles. The molecule has 1 saturated heterocycles. The molecule has 0 radical (unpaired) electrons. The average Bonchev–Trinajstić information content (AvgIpc) is 2.82. The Morgan fingerprint density at radius 1 is 1.08 bits per heavy atom. The van der Waals surface area contributed by atoms with Crippen LogP contribution in [0, 0.1) is 0 Å². The number of benzene rings is 2. The zero-order chi connectivity index (χ0) is 17.9. The van der Waals surface area contributed by atoms with Gasteiger partial charge in [0.25, 0.3) is 10.0 Å². The lowest BCUT2D eigenvalue weighted by Gasteiger charge is -2.33. The van der Waals surface area contributed by atoms with Gasteiger partial charge < -0.3 is 11.1 Å². The highest BCUT2D eigenvalue weighted by atomic mass is 32.2. The summed E-state index contributed by atoms with van der Waals surface area (Å²) in [5.74, 6) is 0. The Bertz CT molecular complexity index is 829. The van der Waals surface area contributed by atoms with E-state index >= 15 is 0 Å². The molecule has 0 saturated carbocycles. The first-order chi connectivity index (χ1) is 11.9. The van der Waals surface area contributed by atoms with E-state index < -0.39 is 10.0 Å². The molecule has 6 nitrogen and oxygen atoms in total. The van der Waals surface area contributed by atoms with Crippen LogP contribution in [0.1, 0.15) is 6.42 Å². The van der Waals surface area contributed by atoms with E-state index in [9.17, 15) is 8.42 Å². The van der Waals surface area contributed by atoms with Crippen LogP contribution >= 0.6 is 0 Å². The largest absolute Gasteiger partial charge is 0.394 e. The Morgan fingerprint density at radius 2 is 1.84 bits per heavy atom. The van der Waals surface area contributed by atoms with E-state index in [0.717, 1.165) is 38.3 Å². The summed E-state index contributed by atoms with van der Waals surface area (Å²) in [6.07, 6.45) is 1.05. The maximum Gasteiger partial charge on any atom is 0.261 e. The minimum Gasteiger partial charge on any atom is -0.394 e. The van der Waals surface area contributed by atoms with Crippen LogP contribution in [0.25, 0.3) is 0 Å². The van der Waals surface area contributed by atoms with E-state index in [1.807, 2.05) is 6.07 Å². The first-order valence-corrected chi connectivity index (χ1v) is 9.92. The van der Waals surface area contributed by atoms with E-state index in [2.05, 4.69) is 17.1 Å². The van der Waals surface area contributed by atoms with E-state index in [4.69, 9.17) is 5.73 Å². The van der Waals surface area contributed by atoms with Crippen LogP contribution in [0.15, 0.2) is 53.4 Å². The molecule has 1 heterocycles. The maximum atomic E-state index is 12.6. The molecule has 3 rings (SSSR count). The second-order valence-corrected chi connectivity index (χ2v) is 8.32. The summed E-state index contributed by atoms with van der Waals surface area (Å²) in [7, 11) is -1.46. The number of nitrogens with two attached hydrogens (primary N) is 1. The minimum atomic E-state index is -3.61. The molecule has 1 aliphatic rings. The van der Waals surface area contributed by atoms with Crippen LogP contribution in [0.3, 0.4) is 0 Å². The van der Waals surface area contributed by atoms with Crippen LogP contribution in [0.5, 0.6) is 0 Å². The highest BCUT2D eigenvalue weighted by Gasteiger charge is 2.29. The fourth-order valence-electron chi connectivity index (χ4n) is 3.24. The number of likely N-dealkylation sites (N-methyl/N-ethyl adjacent to an activating group) is 1. The van der Waals surface area contributed by atoms with Gasteiger partial charge in [0.2, 0.25) is 0 Å². The lowest BCUT2D eigenvalue weighted by molar-refractivity contribution is 0.352. The van der Waals surface area contributed by atoms with Crippen molar-refractivity contribution in [3.8, 4) is 0 Å². The first-order valence-electron chi connectivity index (χ1n) is 8.44. The van der Waals surface area contributed by atoms with Crippen molar-refractivity contribution < 1.29 is 8.42 Å². The van der Waals surface area contributed by atoms with Gasteiger partial charge in [0, 0.05) is 25.6 Å². The minimum absolute atomic E-state index is 0.243. The maximum absolute atomic E-state index is 12.6. The standard InChI is InChI=1S/C18H25N4O2S/c1-22(12-5-10-20-11-13-22)18-14-15(8-9-17(18)19)21-25(23,24)16-6-3-2-4-7-16/h2-4,6-9,14,20-21H,5,10-13,19H2,1H3/q+1. The Hall–Kier alpha value is -2.09. The molecule has 7 heteroatoms. The topological polar surface area (TPSA) is 84.2 Å². The van der Waals surface area contributed by atoms with Crippen LogP contribution in [-0.2, 0) is 10.0 Å². The molecular weight excluding hydrogens is 336 g/mol. The molecule has 0 spiro atoms. The van der Waals surface area contributed by atoms with Gasteiger partial charge in [0.15, 0.2) is 5.69 Å². The molecule has 0 bridgehead atoms. The lowest BCUT2D eigenvalue weighted by atomic mass is 10.2. The Kier molecular flexibility index (Phi) is 4.99. The molecular formula is C18H25N4O2S+. The zero-order valence-electron chi connectivity index (χ0n) is 14.4. The third kappa shape index (κ3) is 3.95. The predicted molar refractivity (Wildman–Crippen MR) is 103 cm³/mol. The van der Waals surface area contributed by atoms with E-state index in [0.29, 0.717) is 15.9 Å². The van der Waals surface area contributed by atoms with Crippen molar-refractivity contribution in [1.82, 2.24) is 9.80 Å². The second-order valence-electron chi connectivity index (χ2n) is 6.64. The average molecular weight is 361 g/mol. The summed E-state index contributed by atoms with van der Waals surface area (Å²) in [5, 5.41) is 3.40. The second kappa shape index (κ2) is 7.03.